The molecule has 2 bridgehead atoms. The molecule has 1 amide bonds. The molecule has 1 unspecified atom stereocenters. The second-order valence-corrected chi connectivity index (χ2v) is 6.88. The largest absolute Gasteiger partial charge is 0.459 e. The lowest BCUT2D eigenvalue weighted by Crippen LogP contribution is -2.34. The fourth-order valence-electron chi connectivity index (χ4n) is 3.72. The van der Waals surface area contributed by atoms with Crippen LogP contribution in [0.3, 0.4) is 0 Å². The van der Waals surface area contributed by atoms with Gasteiger partial charge in [0.25, 0.3) is 0 Å². The van der Waals surface area contributed by atoms with Crippen molar-refractivity contribution in [2.45, 2.75) is 25.8 Å². The minimum atomic E-state index is -0.137. The summed E-state index contributed by atoms with van der Waals surface area (Å²) in [6.07, 6.45) is 6.57. The van der Waals surface area contributed by atoms with E-state index in [1.165, 1.54) is 0 Å². The van der Waals surface area contributed by atoms with Crippen molar-refractivity contribution in [3.8, 4) is 0 Å². The molecule has 1 N–H and O–H groups in total. The summed E-state index contributed by atoms with van der Waals surface area (Å²) >= 11 is 6.00. The molecule has 1 aromatic heterocycles. The van der Waals surface area contributed by atoms with Gasteiger partial charge in [0.2, 0.25) is 5.91 Å². The van der Waals surface area contributed by atoms with Gasteiger partial charge in [-0.1, -0.05) is 23.8 Å². The maximum atomic E-state index is 12.5. The zero-order valence-corrected chi connectivity index (χ0v) is 13.1. The van der Waals surface area contributed by atoms with Gasteiger partial charge in [-0.2, -0.15) is 0 Å². The maximum Gasteiger partial charge on any atom is 0.224 e. The summed E-state index contributed by atoms with van der Waals surface area (Å²) in [6, 6.07) is 7.35. The molecular formula is C18H18ClNO2. The molecule has 0 radical (unpaired) electrons. The zero-order chi connectivity index (χ0) is 15.3. The quantitative estimate of drug-likeness (QED) is 0.849. The summed E-state index contributed by atoms with van der Waals surface area (Å²) in [5, 5.41) is 4.75. The van der Waals surface area contributed by atoms with Gasteiger partial charge >= 0.3 is 0 Å². The van der Waals surface area contributed by atoms with Crippen LogP contribution in [0.2, 0.25) is 5.02 Å². The summed E-state index contributed by atoms with van der Waals surface area (Å²) < 4.78 is 5.82. The van der Waals surface area contributed by atoms with Gasteiger partial charge in [0, 0.05) is 16.3 Å². The SMILES string of the molecule is CC(NC(=O)[C@@H]1C[C@@H]2C=C[C@H]1C2)c1cc2cc(Cl)ccc2o1. The van der Waals surface area contributed by atoms with E-state index in [9.17, 15) is 4.79 Å². The van der Waals surface area contributed by atoms with Crippen molar-refractivity contribution in [1.82, 2.24) is 5.32 Å². The first-order chi connectivity index (χ1) is 10.6. The number of allylic oxidation sites excluding steroid dienone is 2. The summed E-state index contributed by atoms with van der Waals surface area (Å²) in [6.45, 7) is 1.96. The van der Waals surface area contributed by atoms with E-state index in [1.807, 2.05) is 31.2 Å². The first-order valence-corrected chi connectivity index (χ1v) is 8.15. The van der Waals surface area contributed by atoms with E-state index in [-0.39, 0.29) is 17.9 Å². The molecule has 0 saturated heterocycles. The van der Waals surface area contributed by atoms with Crippen molar-refractivity contribution in [2.24, 2.45) is 17.8 Å². The summed E-state index contributed by atoms with van der Waals surface area (Å²) in [5.41, 5.74) is 0.795. The highest BCUT2D eigenvalue weighted by Gasteiger charge is 2.40. The minimum Gasteiger partial charge on any atom is -0.459 e. The normalized spacial score (nSPS) is 27.5. The number of amides is 1. The average molecular weight is 316 g/mol. The van der Waals surface area contributed by atoms with Gasteiger partial charge in [-0.05, 0) is 55.9 Å². The molecule has 4 heteroatoms. The van der Waals surface area contributed by atoms with Crippen molar-refractivity contribution in [1.29, 1.82) is 0 Å². The summed E-state index contributed by atoms with van der Waals surface area (Å²) in [5.74, 6) is 2.06. The minimum absolute atomic E-state index is 0.122. The Bertz CT molecular complexity index is 764. The lowest BCUT2D eigenvalue weighted by Gasteiger charge is -2.20. The standard InChI is InChI=1S/C18H18ClNO2/c1-10(17-9-13-8-14(19)4-5-16(13)22-17)20-18(21)15-7-11-2-3-12(15)6-11/h2-5,8-12,15H,6-7H2,1H3,(H,20,21)/t10?,11-,12+,15-/m1/s1. The van der Waals surface area contributed by atoms with Gasteiger partial charge in [-0.3, -0.25) is 4.79 Å². The Kier molecular flexibility index (Phi) is 3.26. The van der Waals surface area contributed by atoms with Crippen molar-refractivity contribution < 1.29 is 9.21 Å². The number of rotatable bonds is 3. The number of furan rings is 1. The van der Waals surface area contributed by atoms with E-state index < -0.39 is 0 Å². The van der Waals surface area contributed by atoms with E-state index >= 15 is 0 Å². The highest BCUT2D eigenvalue weighted by atomic mass is 35.5. The van der Waals surface area contributed by atoms with Crippen LogP contribution >= 0.6 is 11.6 Å². The Labute approximate surface area is 134 Å². The Balaban J connectivity index is 1.49. The Morgan fingerprint density at radius 2 is 2.18 bits per heavy atom. The molecule has 4 rings (SSSR count). The van der Waals surface area contributed by atoms with Crippen LogP contribution in [0.25, 0.3) is 11.0 Å². The van der Waals surface area contributed by atoms with E-state index in [4.69, 9.17) is 16.0 Å². The topological polar surface area (TPSA) is 42.2 Å². The highest BCUT2D eigenvalue weighted by Crippen LogP contribution is 2.43. The summed E-state index contributed by atoms with van der Waals surface area (Å²) in [4.78, 5) is 12.5. The Hall–Kier alpha value is -1.74. The third-order valence-electron chi connectivity index (χ3n) is 4.90. The average Bonchev–Trinajstić information content (AvgIpc) is 3.20. The van der Waals surface area contributed by atoms with Gasteiger partial charge < -0.3 is 9.73 Å². The van der Waals surface area contributed by atoms with Gasteiger partial charge in [0.1, 0.15) is 11.3 Å². The van der Waals surface area contributed by atoms with E-state index in [2.05, 4.69) is 17.5 Å². The second-order valence-electron chi connectivity index (χ2n) is 6.45. The van der Waals surface area contributed by atoms with Crippen LogP contribution in [-0.4, -0.2) is 5.91 Å². The number of halogens is 1. The molecule has 1 fully saturated rings. The molecular weight excluding hydrogens is 298 g/mol. The van der Waals surface area contributed by atoms with Crippen LogP contribution in [0, 0.1) is 17.8 Å². The third kappa shape index (κ3) is 2.34. The van der Waals surface area contributed by atoms with Crippen LogP contribution < -0.4 is 5.32 Å². The van der Waals surface area contributed by atoms with Gasteiger partial charge in [0.05, 0.1) is 6.04 Å². The van der Waals surface area contributed by atoms with Crippen LogP contribution in [0.1, 0.15) is 31.6 Å². The van der Waals surface area contributed by atoms with Gasteiger partial charge in [-0.25, -0.2) is 0 Å². The van der Waals surface area contributed by atoms with E-state index in [1.54, 1.807) is 0 Å². The molecule has 4 atom stereocenters. The second kappa shape index (κ2) is 5.17. The van der Waals surface area contributed by atoms with Crippen molar-refractivity contribution >= 4 is 28.5 Å². The van der Waals surface area contributed by atoms with Crippen LogP contribution in [0.15, 0.2) is 40.8 Å². The molecule has 1 heterocycles. The molecule has 3 nitrogen and oxygen atoms in total. The Morgan fingerprint density at radius 3 is 2.91 bits per heavy atom. The smallest absolute Gasteiger partial charge is 0.224 e. The fourth-order valence-corrected chi connectivity index (χ4v) is 3.90. The molecule has 22 heavy (non-hydrogen) atoms. The number of fused-ring (bicyclic) bond motifs is 3. The molecule has 1 aromatic carbocycles. The predicted octanol–water partition coefficient (Wildman–Crippen LogP) is 4.48. The lowest BCUT2D eigenvalue weighted by atomic mass is 9.92. The van der Waals surface area contributed by atoms with Crippen molar-refractivity contribution in [3.63, 3.8) is 0 Å². The molecule has 2 aromatic rings. The van der Waals surface area contributed by atoms with Crippen LogP contribution in [0.5, 0.6) is 0 Å². The molecule has 0 aliphatic heterocycles. The third-order valence-corrected chi connectivity index (χ3v) is 5.13. The van der Waals surface area contributed by atoms with Gasteiger partial charge in [0.15, 0.2) is 0 Å². The maximum absolute atomic E-state index is 12.5. The van der Waals surface area contributed by atoms with Crippen molar-refractivity contribution in [2.75, 3.05) is 0 Å². The predicted molar refractivity (Wildman–Crippen MR) is 86.6 cm³/mol. The molecule has 2 aliphatic rings. The highest BCUT2D eigenvalue weighted by molar-refractivity contribution is 6.31. The lowest BCUT2D eigenvalue weighted by molar-refractivity contribution is -0.126. The van der Waals surface area contributed by atoms with Crippen molar-refractivity contribution in [3.05, 3.63) is 47.2 Å². The zero-order valence-electron chi connectivity index (χ0n) is 12.4. The number of carbonyl (C=O) groups is 1. The summed E-state index contributed by atoms with van der Waals surface area (Å²) in [7, 11) is 0. The van der Waals surface area contributed by atoms with E-state index in [0.29, 0.717) is 16.9 Å². The van der Waals surface area contributed by atoms with Crippen LogP contribution in [0.4, 0.5) is 0 Å². The number of benzene rings is 1. The first kappa shape index (κ1) is 13.9. The first-order valence-electron chi connectivity index (χ1n) is 7.78. The van der Waals surface area contributed by atoms with Gasteiger partial charge in [-0.15, -0.1) is 0 Å². The fraction of sp³-hybridized carbons (Fsp3) is 0.389. The number of hydrogen-bond donors (Lipinski definition) is 1. The molecule has 114 valence electrons. The number of nitrogens with one attached hydrogen (secondary N) is 1. The molecule has 2 aliphatic carbocycles. The molecule has 0 spiro atoms. The Morgan fingerprint density at radius 1 is 1.32 bits per heavy atom. The van der Waals surface area contributed by atoms with E-state index in [0.717, 1.165) is 29.6 Å². The van der Waals surface area contributed by atoms with Crippen LogP contribution in [-0.2, 0) is 4.79 Å². The monoisotopic (exact) mass is 315 g/mol. The number of hydrogen-bond acceptors (Lipinski definition) is 2. The number of carbonyl (C=O) groups excluding carboxylic acids is 1. The molecule has 1 saturated carbocycles.